The van der Waals surface area contributed by atoms with Gasteiger partial charge in [-0.15, -0.1) is 0 Å². The van der Waals surface area contributed by atoms with E-state index < -0.39 is 12.7 Å². The quantitative estimate of drug-likeness (QED) is 0.732. The fourth-order valence-corrected chi connectivity index (χ4v) is 2.58. The fraction of sp³-hybridized carbons (Fsp3) is 0.929. The average Bonchev–Trinajstić information content (AvgIpc) is 2.41. The van der Waals surface area contributed by atoms with E-state index in [1.807, 2.05) is 0 Å². The van der Waals surface area contributed by atoms with Crippen LogP contribution in [0.4, 0.5) is 13.2 Å². The third-order valence-electron chi connectivity index (χ3n) is 3.66. The Hall–Kier alpha value is -0.780. The number of nitrogens with one attached hydrogen (secondary N) is 1. The summed E-state index contributed by atoms with van der Waals surface area (Å²) in [4.78, 5) is 13.2. The van der Waals surface area contributed by atoms with E-state index in [0.717, 1.165) is 24.2 Å². The van der Waals surface area contributed by atoms with Crippen LogP contribution in [0.15, 0.2) is 0 Å². The first-order valence-electron chi connectivity index (χ1n) is 7.51. The van der Waals surface area contributed by atoms with Crippen molar-refractivity contribution in [2.75, 3.05) is 19.6 Å². The molecule has 0 aromatic carbocycles. The van der Waals surface area contributed by atoms with Crippen LogP contribution < -0.4 is 5.32 Å². The van der Waals surface area contributed by atoms with Gasteiger partial charge in [-0.1, -0.05) is 26.2 Å². The van der Waals surface area contributed by atoms with E-state index in [4.69, 9.17) is 0 Å². The van der Waals surface area contributed by atoms with Gasteiger partial charge in [0.15, 0.2) is 0 Å². The third-order valence-corrected chi connectivity index (χ3v) is 3.66. The number of alkyl halides is 3. The summed E-state index contributed by atoms with van der Waals surface area (Å²) in [5.74, 6) is -0.342. The highest BCUT2D eigenvalue weighted by Crippen LogP contribution is 2.22. The molecule has 0 spiro atoms. The van der Waals surface area contributed by atoms with Crippen LogP contribution >= 0.6 is 0 Å². The van der Waals surface area contributed by atoms with Crippen LogP contribution in [-0.4, -0.2) is 42.7 Å². The van der Waals surface area contributed by atoms with Crippen LogP contribution in [0.2, 0.25) is 0 Å². The smallest absolute Gasteiger partial charge is 0.331 e. The summed E-state index contributed by atoms with van der Waals surface area (Å²) in [5, 5.41) is 3.11. The van der Waals surface area contributed by atoms with Crippen molar-refractivity contribution < 1.29 is 18.0 Å². The molecule has 0 unspecified atom stereocenters. The normalized spacial score (nSPS) is 17.2. The van der Waals surface area contributed by atoms with E-state index in [9.17, 15) is 18.0 Å². The van der Waals surface area contributed by atoms with Crippen molar-refractivity contribution in [2.24, 2.45) is 0 Å². The molecule has 0 aromatic heterocycles. The standard InChI is InChI=1S/C14H25F3N2O/c1-2-3-4-5-6-13(20)19(11-14(15,16)17)12-7-9-18-10-8-12/h12,18H,2-11H2,1H3. The van der Waals surface area contributed by atoms with Gasteiger partial charge in [-0.25, -0.2) is 0 Å². The summed E-state index contributed by atoms with van der Waals surface area (Å²) >= 11 is 0. The van der Waals surface area contributed by atoms with Crippen molar-refractivity contribution in [3.05, 3.63) is 0 Å². The van der Waals surface area contributed by atoms with Crippen LogP contribution in [0.5, 0.6) is 0 Å². The SMILES string of the molecule is CCCCCCC(=O)N(CC(F)(F)F)C1CCNCC1. The van der Waals surface area contributed by atoms with Gasteiger partial charge in [0.25, 0.3) is 0 Å². The topological polar surface area (TPSA) is 32.3 Å². The summed E-state index contributed by atoms with van der Waals surface area (Å²) in [6.45, 7) is 2.32. The second-order valence-electron chi connectivity index (χ2n) is 5.43. The Morgan fingerprint density at radius 2 is 1.85 bits per heavy atom. The molecule has 1 heterocycles. The van der Waals surface area contributed by atoms with E-state index >= 15 is 0 Å². The number of carbonyl (C=O) groups excluding carboxylic acids is 1. The molecule has 0 saturated carbocycles. The number of piperidine rings is 1. The molecule has 3 nitrogen and oxygen atoms in total. The van der Waals surface area contributed by atoms with E-state index in [2.05, 4.69) is 12.2 Å². The minimum atomic E-state index is -4.32. The maximum absolute atomic E-state index is 12.7. The van der Waals surface area contributed by atoms with Crippen molar-refractivity contribution in [3.63, 3.8) is 0 Å². The zero-order valence-corrected chi connectivity index (χ0v) is 12.1. The van der Waals surface area contributed by atoms with Crippen LogP contribution in [0, 0.1) is 0 Å². The summed E-state index contributed by atoms with van der Waals surface area (Å²) in [7, 11) is 0. The van der Waals surface area contributed by atoms with Crippen LogP contribution in [0.3, 0.4) is 0 Å². The molecule has 1 fully saturated rings. The lowest BCUT2D eigenvalue weighted by molar-refractivity contribution is -0.166. The first-order chi connectivity index (χ1) is 9.44. The molecular weight excluding hydrogens is 269 g/mol. The lowest BCUT2D eigenvalue weighted by Gasteiger charge is -2.35. The molecule has 1 rings (SSSR count). The molecule has 1 aliphatic rings. The predicted molar refractivity (Wildman–Crippen MR) is 72.4 cm³/mol. The number of carbonyl (C=O) groups is 1. The number of rotatable bonds is 7. The maximum atomic E-state index is 12.7. The van der Waals surface area contributed by atoms with Crippen molar-refractivity contribution in [1.82, 2.24) is 10.2 Å². The molecule has 6 heteroatoms. The lowest BCUT2D eigenvalue weighted by Crippen LogP contribution is -2.49. The Bertz CT molecular complexity index is 289. The molecule has 0 radical (unpaired) electrons. The van der Waals surface area contributed by atoms with Crippen molar-refractivity contribution in [2.45, 2.75) is 64.1 Å². The summed E-state index contributed by atoms with van der Waals surface area (Å²) in [5.41, 5.74) is 0. The number of hydrogen-bond acceptors (Lipinski definition) is 2. The molecule has 118 valence electrons. The highest BCUT2D eigenvalue weighted by atomic mass is 19.4. The zero-order valence-electron chi connectivity index (χ0n) is 12.1. The second-order valence-corrected chi connectivity index (χ2v) is 5.43. The third kappa shape index (κ3) is 6.59. The Labute approximate surface area is 118 Å². The second kappa shape index (κ2) is 8.49. The zero-order chi connectivity index (χ0) is 15.0. The minimum absolute atomic E-state index is 0.236. The molecule has 20 heavy (non-hydrogen) atoms. The lowest BCUT2D eigenvalue weighted by atomic mass is 10.0. The first kappa shape index (κ1) is 17.3. The van der Waals surface area contributed by atoms with Crippen LogP contribution in [0.1, 0.15) is 51.9 Å². The van der Waals surface area contributed by atoms with Gasteiger partial charge in [0.1, 0.15) is 6.54 Å². The number of nitrogens with zero attached hydrogens (tertiary/aromatic N) is 1. The van der Waals surface area contributed by atoms with Crippen molar-refractivity contribution in [3.8, 4) is 0 Å². The Kier molecular flexibility index (Phi) is 7.34. The summed E-state index contributed by atoms with van der Waals surface area (Å²) < 4.78 is 38.0. The van der Waals surface area contributed by atoms with Gasteiger partial charge < -0.3 is 10.2 Å². The average molecular weight is 294 g/mol. The fourth-order valence-electron chi connectivity index (χ4n) is 2.58. The Balaban J connectivity index is 2.53. The van der Waals surface area contributed by atoms with Gasteiger partial charge in [-0.2, -0.15) is 13.2 Å². The van der Waals surface area contributed by atoms with Crippen LogP contribution in [0.25, 0.3) is 0 Å². The van der Waals surface area contributed by atoms with Crippen molar-refractivity contribution >= 4 is 5.91 Å². The summed E-state index contributed by atoms with van der Waals surface area (Å²) in [6.07, 6.45) is 0.812. The van der Waals surface area contributed by atoms with Gasteiger partial charge in [-0.3, -0.25) is 4.79 Å². The van der Waals surface area contributed by atoms with Gasteiger partial charge >= 0.3 is 6.18 Å². The molecule has 0 bridgehead atoms. The van der Waals surface area contributed by atoms with E-state index in [1.54, 1.807) is 0 Å². The molecule has 1 aliphatic heterocycles. The van der Waals surface area contributed by atoms with Gasteiger partial charge in [0.2, 0.25) is 5.91 Å². The summed E-state index contributed by atoms with van der Waals surface area (Å²) in [6, 6.07) is -0.267. The van der Waals surface area contributed by atoms with E-state index in [0.29, 0.717) is 32.4 Å². The number of hydrogen-bond donors (Lipinski definition) is 1. The van der Waals surface area contributed by atoms with Gasteiger partial charge in [0, 0.05) is 12.5 Å². The number of unbranched alkanes of at least 4 members (excludes halogenated alkanes) is 3. The molecule has 0 aliphatic carbocycles. The van der Waals surface area contributed by atoms with Crippen molar-refractivity contribution in [1.29, 1.82) is 0 Å². The molecule has 1 saturated heterocycles. The highest BCUT2D eigenvalue weighted by molar-refractivity contribution is 5.76. The van der Waals surface area contributed by atoms with Gasteiger partial charge in [0.05, 0.1) is 0 Å². The molecule has 0 atom stereocenters. The number of amides is 1. The Morgan fingerprint density at radius 1 is 1.20 bits per heavy atom. The van der Waals surface area contributed by atoms with Crippen LogP contribution in [-0.2, 0) is 4.79 Å². The molecule has 1 N–H and O–H groups in total. The van der Waals surface area contributed by atoms with Gasteiger partial charge in [-0.05, 0) is 32.4 Å². The monoisotopic (exact) mass is 294 g/mol. The van der Waals surface area contributed by atoms with E-state index in [-0.39, 0.29) is 18.4 Å². The molecule has 1 amide bonds. The predicted octanol–water partition coefficient (Wildman–Crippen LogP) is 3.10. The minimum Gasteiger partial charge on any atom is -0.331 e. The molecule has 0 aromatic rings. The molecular formula is C14H25F3N2O. The largest absolute Gasteiger partial charge is 0.406 e. The van der Waals surface area contributed by atoms with E-state index in [1.165, 1.54) is 0 Å². The first-order valence-corrected chi connectivity index (χ1v) is 7.51. The highest BCUT2D eigenvalue weighted by Gasteiger charge is 2.36. The Morgan fingerprint density at radius 3 is 2.40 bits per heavy atom. The number of halogens is 3. The maximum Gasteiger partial charge on any atom is 0.406 e.